The molecular formula is C19H23BrO3. The molecule has 0 spiro atoms. The molecule has 1 aromatic carbocycles. The summed E-state index contributed by atoms with van der Waals surface area (Å²) in [7, 11) is 0. The number of rotatable bonds is 5. The quantitative estimate of drug-likeness (QED) is 0.555. The SMILES string of the molecule is O=C(OCCOc1ccc(Br)cc1)C12CC3CC(CC(C3)C1)C2. The first-order valence-corrected chi connectivity index (χ1v) is 9.48. The highest BCUT2D eigenvalue weighted by Gasteiger charge is 2.55. The van der Waals surface area contributed by atoms with Gasteiger partial charge in [0.1, 0.15) is 19.0 Å². The second kappa shape index (κ2) is 6.12. The minimum Gasteiger partial charge on any atom is -0.490 e. The van der Waals surface area contributed by atoms with E-state index in [-0.39, 0.29) is 11.4 Å². The molecule has 1 aromatic rings. The van der Waals surface area contributed by atoms with Gasteiger partial charge in [-0.1, -0.05) is 15.9 Å². The third-order valence-corrected chi connectivity index (χ3v) is 6.40. The highest BCUT2D eigenvalue weighted by atomic mass is 79.9. The highest BCUT2D eigenvalue weighted by molar-refractivity contribution is 9.10. The van der Waals surface area contributed by atoms with E-state index in [0.717, 1.165) is 47.2 Å². The molecule has 0 radical (unpaired) electrons. The molecule has 4 aliphatic rings. The van der Waals surface area contributed by atoms with E-state index in [1.54, 1.807) is 0 Å². The summed E-state index contributed by atoms with van der Waals surface area (Å²) in [4.78, 5) is 12.7. The molecule has 3 nitrogen and oxygen atoms in total. The van der Waals surface area contributed by atoms with Gasteiger partial charge in [-0.2, -0.15) is 0 Å². The lowest BCUT2D eigenvalue weighted by Gasteiger charge is -2.55. The maximum Gasteiger partial charge on any atom is 0.312 e. The van der Waals surface area contributed by atoms with Crippen LogP contribution in [0.3, 0.4) is 0 Å². The van der Waals surface area contributed by atoms with Crippen LogP contribution >= 0.6 is 15.9 Å². The Morgan fingerprint density at radius 2 is 1.57 bits per heavy atom. The van der Waals surface area contributed by atoms with Gasteiger partial charge in [0.2, 0.25) is 0 Å². The van der Waals surface area contributed by atoms with Gasteiger partial charge in [0, 0.05) is 4.47 Å². The molecule has 0 unspecified atom stereocenters. The van der Waals surface area contributed by atoms with Crippen LogP contribution < -0.4 is 4.74 Å². The Kier molecular flexibility index (Phi) is 4.12. The van der Waals surface area contributed by atoms with Crippen molar-refractivity contribution >= 4 is 21.9 Å². The molecule has 0 atom stereocenters. The summed E-state index contributed by atoms with van der Waals surface area (Å²) in [5.41, 5.74) is -0.160. The smallest absolute Gasteiger partial charge is 0.312 e. The molecule has 0 saturated heterocycles. The molecule has 4 fully saturated rings. The second-order valence-electron chi connectivity index (χ2n) is 7.64. The van der Waals surface area contributed by atoms with Crippen molar-refractivity contribution in [1.82, 2.24) is 0 Å². The predicted molar refractivity (Wildman–Crippen MR) is 91.2 cm³/mol. The lowest BCUT2D eigenvalue weighted by Crippen LogP contribution is -2.50. The molecular weight excluding hydrogens is 356 g/mol. The van der Waals surface area contributed by atoms with E-state index in [1.807, 2.05) is 24.3 Å². The summed E-state index contributed by atoms with van der Waals surface area (Å²) in [6.07, 6.45) is 7.22. The third-order valence-electron chi connectivity index (χ3n) is 5.87. The Morgan fingerprint density at radius 3 is 2.13 bits per heavy atom. The van der Waals surface area contributed by atoms with Crippen molar-refractivity contribution in [1.29, 1.82) is 0 Å². The van der Waals surface area contributed by atoms with E-state index in [4.69, 9.17) is 9.47 Å². The van der Waals surface area contributed by atoms with Gasteiger partial charge in [0.25, 0.3) is 0 Å². The molecule has 4 aliphatic carbocycles. The van der Waals surface area contributed by atoms with Crippen LogP contribution in [0.2, 0.25) is 0 Å². The third kappa shape index (κ3) is 3.15. The van der Waals surface area contributed by atoms with E-state index < -0.39 is 0 Å². The second-order valence-corrected chi connectivity index (χ2v) is 8.55. The van der Waals surface area contributed by atoms with Crippen LogP contribution in [0.1, 0.15) is 38.5 Å². The average Bonchev–Trinajstić information content (AvgIpc) is 2.52. The van der Waals surface area contributed by atoms with E-state index in [1.165, 1.54) is 19.3 Å². The zero-order valence-corrected chi connectivity index (χ0v) is 14.9. The van der Waals surface area contributed by atoms with Crippen molar-refractivity contribution < 1.29 is 14.3 Å². The number of carbonyl (C=O) groups excluding carboxylic acids is 1. The van der Waals surface area contributed by atoms with Crippen molar-refractivity contribution in [3.8, 4) is 5.75 Å². The minimum atomic E-state index is -0.160. The van der Waals surface area contributed by atoms with Gasteiger partial charge in [-0.15, -0.1) is 0 Å². The summed E-state index contributed by atoms with van der Waals surface area (Å²) in [5, 5.41) is 0. The van der Waals surface area contributed by atoms with Gasteiger partial charge < -0.3 is 9.47 Å². The predicted octanol–water partition coefficient (Wildman–Crippen LogP) is 4.59. The average molecular weight is 379 g/mol. The molecule has 0 amide bonds. The van der Waals surface area contributed by atoms with Gasteiger partial charge in [-0.05, 0) is 80.5 Å². The zero-order valence-electron chi connectivity index (χ0n) is 13.3. The van der Waals surface area contributed by atoms with Crippen molar-refractivity contribution in [2.24, 2.45) is 23.2 Å². The van der Waals surface area contributed by atoms with Gasteiger partial charge in [-0.25, -0.2) is 0 Å². The molecule has 0 aromatic heterocycles. The van der Waals surface area contributed by atoms with Crippen LogP contribution in [0.25, 0.3) is 0 Å². The fourth-order valence-corrected chi connectivity index (χ4v) is 5.60. The number of esters is 1. The maximum atomic E-state index is 12.7. The summed E-state index contributed by atoms with van der Waals surface area (Å²) >= 11 is 3.40. The first-order valence-electron chi connectivity index (χ1n) is 8.68. The Morgan fingerprint density at radius 1 is 1.00 bits per heavy atom. The first kappa shape index (κ1) is 15.5. The van der Waals surface area contributed by atoms with Crippen LogP contribution in [0.4, 0.5) is 0 Å². The molecule has 124 valence electrons. The summed E-state index contributed by atoms with van der Waals surface area (Å²) in [6.45, 7) is 0.760. The Labute approximate surface area is 145 Å². The largest absolute Gasteiger partial charge is 0.490 e. The summed E-state index contributed by atoms with van der Waals surface area (Å²) < 4.78 is 12.3. The fourth-order valence-electron chi connectivity index (χ4n) is 5.34. The molecule has 5 rings (SSSR count). The Bertz CT molecular complexity index is 545. The number of halogens is 1. The van der Waals surface area contributed by atoms with Crippen LogP contribution in [-0.2, 0) is 9.53 Å². The van der Waals surface area contributed by atoms with Crippen LogP contribution in [0.5, 0.6) is 5.75 Å². The number of carbonyl (C=O) groups is 1. The van der Waals surface area contributed by atoms with Crippen molar-refractivity contribution in [3.63, 3.8) is 0 Å². The van der Waals surface area contributed by atoms with Crippen LogP contribution in [-0.4, -0.2) is 19.2 Å². The summed E-state index contributed by atoms with van der Waals surface area (Å²) in [6, 6.07) is 7.70. The summed E-state index contributed by atoms with van der Waals surface area (Å²) in [5.74, 6) is 3.16. The minimum absolute atomic E-state index is 0.0380. The standard InChI is InChI=1S/C19H23BrO3/c20-16-1-3-17(4-2-16)22-5-6-23-18(21)19-10-13-7-14(11-19)9-15(8-13)12-19/h1-4,13-15H,5-12H2. The highest BCUT2D eigenvalue weighted by Crippen LogP contribution is 2.60. The number of hydrogen-bond donors (Lipinski definition) is 0. The number of benzene rings is 1. The molecule has 0 N–H and O–H groups in total. The maximum absolute atomic E-state index is 12.7. The molecule has 0 aliphatic heterocycles. The molecule has 4 heteroatoms. The monoisotopic (exact) mass is 378 g/mol. The van der Waals surface area contributed by atoms with Crippen LogP contribution in [0.15, 0.2) is 28.7 Å². The van der Waals surface area contributed by atoms with E-state index in [0.29, 0.717) is 13.2 Å². The van der Waals surface area contributed by atoms with Gasteiger partial charge in [-0.3, -0.25) is 4.79 Å². The molecule has 0 heterocycles. The number of hydrogen-bond acceptors (Lipinski definition) is 3. The zero-order chi connectivity index (χ0) is 15.9. The van der Waals surface area contributed by atoms with Crippen LogP contribution in [0, 0.1) is 23.2 Å². The molecule has 4 bridgehead atoms. The van der Waals surface area contributed by atoms with Gasteiger partial charge in [0.05, 0.1) is 5.41 Å². The van der Waals surface area contributed by atoms with Crippen molar-refractivity contribution in [2.75, 3.05) is 13.2 Å². The van der Waals surface area contributed by atoms with Crippen molar-refractivity contribution in [3.05, 3.63) is 28.7 Å². The Hall–Kier alpha value is -1.03. The van der Waals surface area contributed by atoms with Gasteiger partial charge >= 0.3 is 5.97 Å². The topological polar surface area (TPSA) is 35.5 Å². The lowest BCUT2D eigenvalue weighted by atomic mass is 9.49. The lowest BCUT2D eigenvalue weighted by molar-refractivity contribution is -0.172. The normalized spacial score (nSPS) is 34.4. The van der Waals surface area contributed by atoms with E-state index in [2.05, 4.69) is 15.9 Å². The molecule has 23 heavy (non-hydrogen) atoms. The first-order chi connectivity index (χ1) is 11.1. The molecule has 4 saturated carbocycles. The Balaban J connectivity index is 1.28. The van der Waals surface area contributed by atoms with Gasteiger partial charge in [0.15, 0.2) is 0 Å². The van der Waals surface area contributed by atoms with Crippen molar-refractivity contribution in [2.45, 2.75) is 38.5 Å². The fraction of sp³-hybridized carbons (Fsp3) is 0.632. The number of ether oxygens (including phenoxy) is 2. The van der Waals surface area contributed by atoms with E-state index >= 15 is 0 Å². The van der Waals surface area contributed by atoms with E-state index in [9.17, 15) is 4.79 Å².